The minimum atomic E-state index is -0.825. The van der Waals surface area contributed by atoms with Crippen molar-refractivity contribution in [2.45, 2.75) is 43.8 Å². The van der Waals surface area contributed by atoms with Gasteiger partial charge in [-0.3, -0.25) is 19.3 Å². The molecule has 2 aromatic carbocycles. The van der Waals surface area contributed by atoms with Gasteiger partial charge in [0.2, 0.25) is 11.8 Å². The van der Waals surface area contributed by atoms with E-state index in [2.05, 4.69) is 21.2 Å². The van der Waals surface area contributed by atoms with Crippen LogP contribution in [-0.2, 0) is 15.1 Å². The van der Waals surface area contributed by atoms with Gasteiger partial charge in [0.05, 0.1) is 16.8 Å². The lowest BCUT2D eigenvalue weighted by atomic mass is 9.98. The van der Waals surface area contributed by atoms with Crippen molar-refractivity contribution < 1.29 is 14.4 Å². The fraction of sp³-hybridized carbons (Fsp3) is 0.348. The lowest BCUT2D eigenvalue weighted by Crippen LogP contribution is -2.64. The van der Waals surface area contributed by atoms with E-state index in [-0.39, 0.29) is 29.8 Å². The summed E-state index contributed by atoms with van der Waals surface area (Å²) in [5.41, 5.74) is 0.984. The molecule has 3 amide bonds. The quantitative estimate of drug-likeness (QED) is 0.747. The van der Waals surface area contributed by atoms with E-state index in [1.165, 1.54) is 0 Å². The fourth-order valence-corrected chi connectivity index (χ4v) is 5.04. The van der Waals surface area contributed by atoms with Gasteiger partial charge in [-0.05, 0) is 56.0 Å². The zero-order valence-corrected chi connectivity index (χ0v) is 18.2. The Morgan fingerprint density at radius 1 is 1.07 bits per heavy atom. The molecule has 30 heavy (non-hydrogen) atoms. The van der Waals surface area contributed by atoms with E-state index in [0.29, 0.717) is 24.1 Å². The SMILES string of the molecule is CC12CCC(=O)N1c1ccccc1C(=O)N2CC(=O)NC1(c2ccc(Br)cc2)CC1. The number of fused-ring (bicyclic) bond motifs is 3. The van der Waals surface area contributed by atoms with Crippen LogP contribution in [0, 0.1) is 0 Å². The van der Waals surface area contributed by atoms with Crippen LogP contribution in [0.1, 0.15) is 48.5 Å². The number of hydrogen-bond donors (Lipinski definition) is 1. The summed E-state index contributed by atoms with van der Waals surface area (Å²) in [6, 6.07) is 15.1. The summed E-state index contributed by atoms with van der Waals surface area (Å²) in [4.78, 5) is 42.3. The van der Waals surface area contributed by atoms with Crippen LogP contribution in [0.25, 0.3) is 0 Å². The summed E-state index contributed by atoms with van der Waals surface area (Å²) < 4.78 is 0.991. The van der Waals surface area contributed by atoms with Crippen LogP contribution < -0.4 is 10.2 Å². The Balaban J connectivity index is 1.42. The molecular weight excluding hydrogens is 446 g/mol. The third kappa shape index (κ3) is 2.87. The van der Waals surface area contributed by atoms with Crippen LogP contribution in [0.4, 0.5) is 5.69 Å². The number of rotatable bonds is 4. The van der Waals surface area contributed by atoms with Gasteiger partial charge in [0.1, 0.15) is 12.2 Å². The summed E-state index contributed by atoms with van der Waals surface area (Å²) in [5, 5.41) is 3.15. The number of halogens is 1. The van der Waals surface area contributed by atoms with Crippen LogP contribution in [0.2, 0.25) is 0 Å². The monoisotopic (exact) mass is 467 g/mol. The first-order chi connectivity index (χ1) is 14.3. The number of amides is 3. The van der Waals surface area contributed by atoms with Crippen molar-refractivity contribution in [2.75, 3.05) is 11.4 Å². The van der Waals surface area contributed by atoms with Crippen LogP contribution in [0.15, 0.2) is 53.0 Å². The Bertz CT molecular complexity index is 1060. The first-order valence-electron chi connectivity index (χ1n) is 10.2. The van der Waals surface area contributed by atoms with Crippen molar-refractivity contribution in [3.63, 3.8) is 0 Å². The van der Waals surface area contributed by atoms with Crippen molar-refractivity contribution >= 4 is 39.3 Å². The molecule has 1 unspecified atom stereocenters. The predicted molar refractivity (Wildman–Crippen MR) is 116 cm³/mol. The minimum Gasteiger partial charge on any atom is -0.345 e. The normalized spacial score (nSPS) is 23.8. The molecule has 0 radical (unpaired) electrons. The maximum absolute atomic E-state index is 13.3. The van der Waals surface area contributed by atoms with Crippen molar-refractivity contribution in [1.82, 2.24) is 10.2 Å². The summed E-state index contributed by atoms with van der Waals surface area (Å²) in [6.07, 6.45) is 2.62. The second-order valence-electron chi connectivity index (χ2n) is 8.49. The Morgan fingerprint density at radius 2 is 1.77 bits per heavy atom. The number of benzene rings is 2. The Morgan fingerprint density at radius 3 is 2.47 bits per heavy atom. The smallest absolute Gasteiger partial charge is 0.258 e. The van der Waals surface area contributed by atoms with Crippen molar-refractivity contribution in [3.05, 3.63) is 64.1 Å². The van der Waals surface area contributed by atoms with Gasteiger partial charge in [-0.2, -0.15) is 0 Å². The molecular formula is C23H22BrN3O3. The average molecular weight is 468 g/mol. The number of carbonyl (C=O) groups excluding carboxylic acids is 3. The van der Waals surface area contributed by atoms with E-state index in [0.717, 1.165) is 22.9 Å². The molecule has 3 aliphatic rings. The van der Waals surface area contributed by atoms with Gasteiger partial charge in [-0.25, -0.2) is 0 Å². The molecule has 5 rings (SSSR count). The van der Waals surface area contributed by atoms with E-state index in [9.17, 15) is 14.4 Å². The van der Waals surface area contributed by atoms with Crippen molar-refractivity contribution in [2.24, 2.45) is 0 Å². The minimum absolute atomic E-state index is 0.0172. The van der Waals surface area contributed by atoms with E-state index < -0.39 is 5.66 Å². The molecule has 154 valence electrons. The average Bonchev–Trinajstić information content (AvgIpc) is 3.43. The maximum Gasteiger partial charge on any atom is 0.258 e. The number of nitrogens with zero attached hydrogens (tertiary/aromatic N) is 2. The number of hydrogen-bond acceptors (Lipinski definition) is 3. The molecule has 0 spiro atoms. The summed E-state index contributed by atoms with van der Waals surface area (Å²) in [6.45, 7) is 1.80. The highest BCUT2D eigenvalue weighted by molar-refractivity contribution is 9.10. The lowest BCUT2D eigenvalue weighted by molar-refractivity contribution is -0.124. The van der Waals surface area contributed by atoms with Gasteiger partial charge in [0.25, 0.3) is 5.91 Å². The summed E-state index contributed by atoms with van der Waals surface area (Å²) in [5.74, 6) is -0.428. The van der Waals surface area contributed by atoms with E-state index in [4.69, 9.17) is 0 Å². The summed E-state index contributed by atoms with van der Waals surface area (Å²) >= 11 is 3.44. The summed E-state index contributed by atoms with van der Waals surface area (Å²) in [7, 11) is 0. The largest absolute Gasteiger partial charge is 0.345 e. The van der Waals surface area contributed by atoms with Crippen LogP contribution >= 0.6 is 15.9 Å². The Labute approximate surface area is 183 Å². The van der Waals surface area contributed by atoms with Gasteiger partial charge in [0.15, 0.2) is 0 Å². The van der Waals surface area contributed by atoms with E-state index in [1.54, 1.807) is 28.0 Å². The molecule has 1 aliphatic carbocycles. The number of carbonyl (C=O) groups is 3. The van der Waals surface area contributed by atoms with Crippen molar-refractivity contribution in [3.8, 4) is 0 Å². The highest BCUT2D eigenvalue weighted by Gasteiger charge is 2.54. The van der Waals surface area contributed by atoms with Crippen LogP contribution in [-0.4, -0.2) is 34.8 Å². The van der Waals surface area contributed by atoms with Crippen molar-refractivity contribution in [1.29, 1.82) is 0 Å². The molecule has 1 saturated carbocycles. The van der Waals surface area contributed by atoms with E-state index in [1.807, 2.05) is 37.3 Å². The van der Waals surface area contributed by atoms with E-state index >= 15 is 0 Å². The number of para-hydroxylation sites is 1. The van der Waals surface area contributed by atoms with Gasteiger partial charge in [-0.1, -0.05) is 40.2 Å². The second kappa shape index (κ2) is 6.67. The zero-order valence-electron chi connectivity index (χ0n) is 16.7. The maximum atomic E-state index is 13.3. The molecule has 0 aromatic heterocycles. The first kappa shape index (κ1) is 19.3. The molecule has 6 nitrogen and oxygen atoms in total. The van der Waals surface area contributed by atoms with Crippen LogP contribution in [0.3, 0.4) is 0 Å². The highest BCUT2D eigenvalue weighted by atomic mass is 79.9. The van der Waals surface area contributed by atoms with Gasteiger partial charge >= 0.3 is 0 Å². The molecule has 7 heteroatoms. The first-order valence-corrected chi connectivity index (χ1v) is 10.9. The third-order valence-corrected chi connectivity index (χ3v) is 7.10. The fourth-order valence-electron chi connectivity index (χ4n) is 4.77. The van der Waals surface area contributed by atoms with Crippen LogP contribution in [0.5, 0.6) is 0 Å². The Kier molecular flexibility index (Phi) is 4.29. The lowest BCUT2D eigenvalue weighted by Gasteiger charge is -2.48. The molecule has 2 heterocycles. The zero-order chi connectivity index (χ0) is 21.1. The van der Waals surface area contributed by atoms with Gasteiger partial charge in [0, 0.05) is 10.9 Å². The molecule has 0 bridgehead atoms. The molecule has 2 aromatic rings. The third-order valence-electron chi connectivity index (χ3n) is 6.57. The van der Waals surface area contributed by atoms with Gasteiger partial charge < -0.3 is 10.2 Å². The number of nitrogens with one attached hydrogen (secondary N) is 1. The number of anilines is 1. The molecule has 1 atom stereocenters. The molecule has 1 saturated heterocycles. The molecule has 1 N–H and O–H groups in total. The molecule has 2 fully saturated rings. The second-order valence-corrected chi connectivity index (χ2v) is 9.41. The Hall–Kier alpha value is -2.67. The standard InChI is InChI=1S/C23H22BrN3O3/c1-22-11-10-20(29)27(22)18-5-3-2-4-17(18)21(30)26(22)14-19(28)25-23(12-13-23)15-6-8-16(24)9-7-15/h2-9H,10-14H2,1H3,(H,25,28). The topological polar surface area (TPSA) is 69.7 Å². The van der Waals surface area contributed by atoms with Gasteiger partial charge in [-0.15, -0.1) is 0 Å². The molecule has 2 aliphatic heterocycles. The highest BCUT2D eigenvalue weighted by Crippen LogP contribution is 2.46. The predicted octanol–water partition coefficient (Wildman–Crippen LogP) is 3.55.